The minimum Gasteiger partial charge on any atom is -0.396 e. The summed E-state index contributed by atoms with van der Waals surface area (Å²) in [5.74, 6) is -0.123. The Balaban J connectivity index is 1.84. The number of hydrogen-bond donors (Lipinski definition) is 2. The fourth-order valence-corrected chi connectivity index (χ4v) is 3.22. The van der Waals surface area contributed by atoms with Gasteiger partial charge in [-0.2, -0.15) is 0 Å². The van der Waals surface area contributed by atoms with E-state index in [0.29, 0.717) is 32.5 Å². The molecule has 1 aromatic rings. The molecule has 0 bridgehead atoms. The molecule has 6 nitrogen and oxygen atoms in total. The number of nitrogens with one attached hydrogen (secondary N) is 1. The number of aliphatic hydroxyl groups excluding tert-OH is 1. The highest BCUT2D eigenvalue weighted by Crippen LogP contribution is 2.18. The molecule has 0 spiro atoms. The number of aryl methyl sites for hydroxylation is 1. The summed E-state index contributed by atoms with van der Waals surface area (Å²) < 4.78 is 0. The second kappa shape index (κ2) is 8.24. The van der Waals surface area contributed by atoms with Crippen molar-refractivity contribution >= 4 is 23.2 Å². The number of rotatable bonds is 6. The van der Waals surface area contributed by atoms with E-state index in [-0.39, 0.29) is 24.3 Å². The van der Waals surface area contributed by atoms with Crippen molar-refractivity contribution in [1.82, 2.24) is 15.2 Å². The first-order chi connectivity index (χ1) is 10.6. The average Bonchev–Trinajstić information content (AvgIpc) is 2.92. The summed E-state index contributed by atoms with van der Waals surface area (Å²) in [4.78, 5) is 30.5. The first-order valence-electron chi connectivity index (χ1n) is 7.67. The zero-order chi connectivity index (χ0) is 15.9. The highest BCUT2D eigenvalue weighted by molar-refractivity contribution is 7.09. The molecule has 0 unspecified atom stereocenters. The summed E-state index contributed by atoms with van der Waals surface area (Å²) in [5.41, 5.74) is 0.807. The van der Waals surface area contributed by atoms with Crippen LogP contribution in [-0.2, 0) is 16.0 Å². The molecule has 2 heterocycles. The lowest BCUT2D eigenvalue weighted by Gasteiger charge is -2.32. The predicted molar refractivity (Wildman–Crippen MR) is 84.6 cm³/mol. The minimum atomic E-state index is -0.145. The highest BCUT2D eigenvalue weighted by atomic mass is 32.1. The van der Waals surface area contributed by atoms with Gasteiger partial charge in [-0.05, 0) is 26.2 Å². The molecule has 0 aliphatic carbocycles. The van der Waals surface area contributed by atoms with Crippen LogP contribution >= 0.6 is 11.3 Å². The topological polar surface area (TPSA) is 82.5 Å². The van der Waals surface area contributed by atoms with Crippen molar-refractivity contribution in [3.05, 3.63) is 16.1 Å². The van der Waals surface area contributed by atoms with E-state index in [2.05, 4.69) is 10.3 Å². The Bertz CT molecular complexity index is 518. The van der Waals surface area contributed by atoms with Crippen LogP contribution in [0.3, 0.4) is 0 Å². The lowest BCUT2D eigenvalue weighted by Crippen LogP contribution is -2.46. The van der Waals surface area contributed by atoms with Crippen molar-refractivity contribution in [1.29, 1.82) is 0 Å². The highest BCUT2D eigenvalue weighted by Gasteiger charge is 2.28. The van der Waals surface area contributed by atoms with E-state index in [9.17, 15) is 9.59 Å². The van der Waals surface area contributed by atoms with Gasteiger partial charge in [0, 0.05) is 31.6 Å². The fraction of sp³-hybridized carbons (Fsp3) is 0.667. The Morgan fingerprint density at radius 3 is 3.05 bits per heavy atom. The van der Waals surface area contributed by atoms with E-state index in [4.69, 9.17) is 5.11 Å². The molecule has 1 atom stereocenters. The summed E-state index contributed by atoms with van der Waals surface area (Å²) in [6, 6.07) is 0. The van der Waals surface area contributed by atoms with Crippen LogP contribution in [0.1, 0.15) is 30.0 Å². The fourth-order valence-electron chi connectivity index (χ4n) is 2.61. The van der Waals surface area contributed by atoms with Gasteiger partial charge in [-0.3, -0.25) is 9.59 Å². The van der Waals surface area contributed by atoms with E-state index < -0.39 is 0 Å². The van der Waals surface area contributed by atoms with Gasteiger partial charge in [0.2, 0.25) is 11.8 Å². The van der Waals surface area contributed by atoms with E-state index >= 15 is 0 Å². The smallest absolute Gasteiger partial charge is 0.228 e. The zero-order valence-electron chi connectivity index (χ0n) is 12.9. The maximum Gasteiger partial charge on any atom is 0.228 e. The van der Waals surface area contributed by atoms with Crippen LogP contribution in [0.15, 0.2) is 5.38 Å². The SMILES string of the molecule is Cc1nc(CC(=O)N2CCC[C@@H](C(=O)NCCCO)C2)cs1. The number of carbonyl (C=O) groups excluding carboxylic acids is 2. The maximum atomic E-state index is 12.3. The van der Waals surface area contributed by atoms with Gasteiger partial charge in [-0.15, -0.1) is 11.3 Å². The van der Waals surface area contributed by atoms with Crippen molar-refractivity contribution in [3.63, 3.8) is 0 Å². The summed E-state index contributed by atoms with van der Waals surface area (Å²) in [6.07, 6.45) is 2.53. The van der Waals surface area contributed by atoms with Crippen LogP contribution in [-0.4, -0.2) is 53.0 Å². The van der Waals surface area contributed by atoms with Gasteiger partial charge in [0.25, 0.3) is 0 Å². The normalized spacial score (nSPS) is 18.3. The number of carbonyl (C=O) groups is 2. The average molecular weight is 325 g/mol. The van der Waals surface area contributed by atoms with Crippen molar-refractivity contribution in [2.45, 2.75) is 32.6 Å². The Kier molecular flexibility index (Phi) is 6.33. The van der Waals surface area contributed by atoms with E-state index in [0.717, 1.165) is 23.5 Å². The van der Waals surface area contributed by atoms with Gasteiger partial charge in [-0.25, -0.2) is 4.98 Å². The molecule has 1 aliphatic heterocycles. The number of aromatic nitrogens is 1. The molecular weight excluding hydrogens is 302 g/mol. The van der Waals surface area contributed by atoms with E-state index in [1.54, 1.807) is 16.2 Å². The molecule has 2 N–H and O–H groups in total. The monoisotopic (exact) mass is 325 g/mol. The number of likely N-dealkylation sites (tertiary alicyclic amines) is 1. The van der Waals surface area contributed by atoms with Crippen LogP contribution in [0.25, 0.3) is 0 Å². The third kappa shape index (κ3) is 4.78. The van der Waals surface area contributed by atoms with Crippen LogP contribution < -0.4 is 5.32 Å². The Morgan fingerprint density at radius 1 is 1.55 bits per heavy atom. The second-order valence-corrected chi connectivity index (χ2v) is 6.64. The molecular formula is C15H23N3O3S. The Morgan fingerprint density at radius 2 is 2.36 bits per heavy atom. The molecule has 22 heavy (non-hydrogen) atoms. The van der Waals surface area contributed by atoms with Crippen molar-refractivity contribution in [3.8, 4) is 0 Å². The third-order valence-electron chi connectivity index (χ3n) is 3.78. The third-order valence-corrected chi connectivity index (χ3v) is 4.60. The van der Waals surface area contributed by atoms with Crippen LogP contribution in [0, 0.1) is 12.8 Å². The number of nitrogens with zero attached hydrogens (tertiary/aromatic N) is 2. The molecule has 7 heteroatoms. The zero-order valence-corrected chi connectivity index (χ0v) is 13.7. The second-order valence-electron chi connectivity index (χ2n) is 5.58. The van der Waals surface area contributed by atoms with Gasteiger partial charge in [0.05, 0.1) is 23.0 Å². The van der Waals surface area contributed by atoms with Gasteiger partial charge in [0.1, 0.15) is 0 Å². The largest absolute Gasteiger partial charge is 0.396 e. The maximum absolute atomic E-state index is 12.3. The van der Waals surface area contributed by atoms with Gasteiger partial charge in [0.15, 0.2) is 0 Å². The summed E-state index contributed by atoms with van der Waals surface area (Å²) in [6.45, 7) is 3.67. The molecule has 1 aromatic heterocycles. The first-order valence-corrected chi connectivity index (χ1v) is 8.55. The van der Waals surface area contributed by atoms with Gasteiger partial charge in [-0.1, -0.05) is 0 Å². The predicted octanol–water partition coefficient (Wildman–Crippen LogP) is 0.731. The van der Waals surface area contributed by atoms with Crippen molar-refractivity contribution < 1.29 is 14.7 Å². The molecule has 0 aromatic carbocycles. The summed E-state index contributed by atoms with van der Waals surface area (Å²) >= 11 is 1.54. The molecule has 0 saturated carbocycles. The summed E-state index contributed by atoms with van der Waals surface area (Å²) in [5, 5.41) is 14.4. The number of amides is 2. The molecule has 122 valence electrons. The molecule has 1 saturated heterocycles. The minimum absolute atomic E-state index is 0.0181. The van der Waals surface area contributed by atoms with Crippen molar-refractivity contribution in [2.24, 2.45) is 5.92 Å². The number of piperidine rings is 1. The van der Waals surface area contributed by atoms with Crippen LogP contribution in [0.5, 0.6) is 0 Å². The molecule has 2 rings (SSSR count). The van der Waals surface area contributed by atoms with Gasteiger partial charge < -0.3 is 15.3 Å². The molecule has 1 aliphatic rings. The first kappa shape index (κ1) is 16.9. The van der Waals surface area contributed by atoms with E-state index in [1.807, 2.05) is 12.3 Å². The summed E-state index contributed by atoms with van der Waals surface area (Å²) in [7, 11) is 0. The lowest BCUT2D eigenvalue weighted by atomic mass is 9.96. The van der Waals surface area contributed by atoms with E-state index in [1.165, 1.54) is 0 Å². The number of thiazole rings is 1. The molecule has 0 radical (unpaired) electrons. The quantitative estimate of drug-likeness (QED) is 0.756. The standard InChI is InChI=1S/C15H23N3O3S/c1-11-17-13(10-22-11)8-14(20)18-6-2-4-12(9-18)15(21)16-5-3-7-19/h10,12,19H,2-9H2,1H3,(H,16,21)/t12-/m1/s1. The molecule has 2 amide bonds. The molecule has 1 fully saturated rings. The van der Waals surface area contributed by atoms with Crippen LogP contribution in [0.4, 0.5) is 0 Å². The number of hydrogen-bond acceptors (Lipinski definition) is 5. The van der Waals surface area contributed by atoms with Crippen molar-refractivity contribution in [2.75, 3.05) is 26.2 Å². The van der Waals surface area contributed by atoms with Gasteiger partial charge >= 0.3 is 0 Å². The lowest BCUT2D eigenvalue weighted by molar-refractivity contribution is -0.135. The van der Waals surface area contributed by atoms with Crippen LogP contribution in [0.2, 0.25) is 0 Å². The Labute approximate surface area is 134 Å². The number of aliphatic hydroxyl groups is 1. The Hall–Kier alpha value is -1.47.